The smallest absolute Gasteiger partial charge is 0.191 e. The van der Waals surface area contributed by atoms with Crippen LogP contribution in [0, 0.1) is 0 Å². The van der Waals surface area contributed by atoms with Gasteiger partial charge in [-0.15, -0.1) is 24.0 Å². The summed E-state index contributed by atoms with van der Waals surface area (Å²) in [6, 6.07) is 12.1. The molecule has 0 aliphatic carbocycles. The van der Waals surface area contributed by atoms with Crippen LogP contribution in [0.3, 0.4) is 0 Å². The maximum Gasteiger partial charge on any atom is 0.191 e. The van der Waals surface area contributed by atoms with Gasteiger partial charge in [0, 0.05) is 26.8 Å². The van der Waals surface area contributed by atoms with E-state index in [1.54, 1.807) is 13.4 Å². The highest BCUT2D eigenvalue weighted by Gasteiger charge is 1.99. The van der Waals surface area contributed by atoms with E-state index in [2.05, 4.69) is 46.8 Å². The molecule has 0 aliphatic heterocycles. The second kappa shape index (κ2) is 14.5. The largest absolute Gasteiger partial charge is 0.467 e. The molecule has 0 fully saturated rings. The Morgan fingerprint density at radius 1 is 1.07 bits per heavy atom. The summed E-state index contributed by atoms with van der Waals surface area (Å²) in [6.45, 7) is 6.15. The number of halogens is 1. The van der Waals surface area contributed by atoms with Crippen LogP contribution in [0.25, 0.3) is 0 Å². The third-order valence-corrected chi connectivity index (χ3v) is 3.68. The third kappa shape index (κ3) is 9.78. The number of furan rings is 1. The molecule has 2 aromatic rings. The van der Waals surface area contributed by atoms with Crippen molar-refractivity contribution < 1.29 is 13.9 Å². The van der Waals surface area contributed by atoms with E-state index in [0.717, 1.165) is 31.2 Å². The molecule has 0 atom stereocenters. The van der Waals surface area contributed by atoms with Gasteiger partial charge in [-0.3, -0.25) is 0 Å². The normalized spacial score (nSPS) is 11.1. The van der Waals surface area contributed by atoms with Crippen LogP contribution in [-0.2, 0) is 29.2 Å². The van der Waals surface area contributed by atoms with Crippen LogP contribution in [0.15, 0.2) is 52.1 Å². The molecule has 0 spiro atoms. The molecule has 0 unspecified atom stereocenters. The van der Waals surface area contributed by atoms with Gasteiger partial charge in [0.05, 0.1) is 19.4 Å². The highest BCUT2D eigenvalue weighted by Crippen LogP contribution is 2.06. The highest BCUT2D eigenvalue weighted by atomic mass is 127. The lowest BCUT2D eigenvalue weighted by atomic mass is 10.1. The third-order valence-electron chi connectivity index (χ3n) is 3.68. The fourth-order valence-electron chi connectivity index (χ4n) is 2.37. The molecule has 1 aromatic carbocycles. The van der Waals surface area contributed by atoms with Crippen LogP contribution in [0.1, 0.15) is 30.2 Å². The van der Waals surface area contributed by atoms with E-state index in [-0.39, 0.29) is 24.0 Å². The van der Waals surface area contributed by atoms with Crippen LogP contribution in [0.4, 0.5) is 0 Å². The Kier molecular flexibility index (Phi) is 12.6. The van der Waals surface area contributed by atoms with Crippen LogP contribution < -0.4 is 10.6 Å². The zero-order chi connectivity index (χ0) is 18.5. The minimum absolute atomic E-state index is 0. The maximum atomic E-state index is 5.58. The molecule has 2 N–H and O–H groups in total. The summed E-state index contributed by atoms with van der Waals surface area (Å²) in [6.07, 6.45) is 2.56. The summed E-state index contributed by atoms with van der Waals surface area (Å²) in [5.41, 5.74) is 2.34. The monoisotopic (exact) mass is 487 g/mol. The van der Waals surface area contributed by atoms with Crippen molar-refractivity contribution in [3.8, 4) is 0 Å². The molecule has 0 saturated heterocycles. The van der Waals surface area contributed by atoms with Gasteiger partial charge in [-0.2, -0.15) is 0 Å². The lowest BCUT2D eigenvalue weighted by Crippen LogP contribution is -2.38. The Morgan fingerprint density at radius 3 is 2.52 bits per heavy atom. The number of nitrogens with one attached hydrogen (secondary N) is 2. The van der Waals surface area contributed by atoms with Crippen LogP contribution in [0.2, 0.25) is 0 Å². The van der Waals surface area contributed by atoms with Crippen molar-refractivity contribution in [2.24, 2.45) is 4.99 Å². The van der Waals surface area contributed by atoms with Crippen molar-refractivity contribution in [3.05, 3.63) is 59.5 Å². The van der Waals surface area contributed by atoms with Gasteiger partial charge in [0.15, 0.2) is 5.96 Å². The van der Waals surface area contributed by atoms with Crippen molar-refractivity contribution in [2.45, 2.75) is 33.1 Å². The van der Waals surface area contributed by atoms with E-state index in [1.807, 2.05) is 12.1 Å². The number of hydrogen-bond acceptors (Lipinski definition) is 4. The summed E-state index contributed by atoms with van der Waals surface area (Å²) < 4.78 is 15.9. The van der Waals surface area contributed by atoms with Gasteiger partial charge in [-0.1, -0.05) is 24.3 Å². The number of rotatable bonds is 11. The van der Waals surface area contributed by atoms with Gasteiger partial charge in [0.1, 0.15) is 12.4 Å². The molecule has 0 saturated carbocycles. The van der Waals surface area contributed by atoms with Gasteiger partial charge < -0.3 is 24.5 Å². The van der Waals surface area contributed by atoms with Crippen molar-refractivity contribution in [1.29, 1.82) is 0 Å². The quantitative estimate of drug-likeness (QED) is 0.219. The lowest BCUT2D eigenvalue weighted by Gasteiger charge is -2.11. The Hall–Kier alpha value is -1.58. The summed E-state index contributed by atoms with van der Waals surface area (Å²) >= 11 is 0. The van der Waals surface area contributed by atoms with Crippen LogP contribution in [-0.4, -0.2) is 32.8 Å². The number of nitrogens with zero attached hydrogens (tertiary/aromatic N) is 1. The Balaban J connectivity index is 0.00000364. The van der Waals surface area contributed by atoms with Gasteiger partial charge >= 0.3 is 0 Å². The average Bonchev–Trinajstić information content (AvgIpc) is 3.17. The number of hydrogen-bond donors (Lipinski definition) is 2. The molecule has 150 valence electrons. The summed E-state index contributed by atoms with van der Waals surface area (Å²) in [5, 5.41) is 6.59. The Labute approximate surface area is 178 Å². The van der Waals surface area contributed by atoms with E-state index < -0.39 is 0 Å². The molecule has 2 rings (SSSR count). The van der Waals surface area contributed by atoms with Gasteiger partial charge in [-0.05, 0) is 36.6 Å². The molecular formula is C20H30IN3O3. The van der Waals surface area contributed by atoms with Gasteiger partial charge in [0.2, 0.25) is 0 Å². The molecule has 0 bridgehead atoms. The molecule has 0 aliphatic rings. The van der Waals surface area contributed by atoms with E-state index in [4.69, 9.17) is 13.9 Å². The molecular weight excluding hydrogens is 457 g/mol. The molecule has 0 amide bonds. The van der Waals surface area contributed by atoms with E-state index in [1.165, 1.54) is 11.1 Å². The lowest BCUT2D eigenvalue weighted by molar-refractivity contribution is 0.105. The first-order valence-electron chi connectivity index (χ1n) is 9.01. The molecule has 0 radical (unpaired) electrons. The minimum atomic E-state index is 0. The summed E-state index contributed by atoms with van der Waals surface area (Å²) in [4.78, 5) is 4.63. The fourth-order valence-corrected chi connectivity index (χ4v) is 2.37. The summed E-state index contributed by atoms with van der Waals surface area (Å²) in [5.74, 6) is 1.67. The number of benzene rings is 1. The second-order valence-electron chi connectivity index (χ2n) is 5.86. The fraction of sp³-hybridized carbons (Fsp3) is 0.450. The zero-order valence-electron chi connectivity index (χ0n) is 16.1. The standard InChI is InChI=1S/C20H29N3O3.HI/c1-3-21-20(22-11-5-12-25-16-19-6-4-13-26-19)23-14-17-7-9-18(10-8-17)15-24-2;/h4,6-10,13H,3,5,11-12,14-16H2,1-2H3,(H2,21,22,23);1H. The summed E-state index contributed by atoms with van der Waals surface area (Å²) in [7, 11) is 1.70. The van der Waals surface area contributed by atoms with E-state index in [0.29, 0.717) is 26.4 Å². The van der Waals surface area contributed by atoms with Crippen molar-refractivity contribution in [1.82, 2.24) is 10.6 Å². The minimum Gasteiger partial charge on any atom is -0.467 e. The van der Waals surface area contributed by atoms with E-state index >= 15 is 0 Å². The molecule has 6 nitrogen and oxygen atoms in total. The van der Waals surface area contributed by atoms with Gasteiger partial charge in [0.25, 0.3) is 0 Å². The van der Waals surface area contributed by atoms with Crippen LogP contribution in [0.5, 0.6) is 0 Å². The SMILES string of the molecule is CCNC(=NCc1ccc(COC)cc1)NCCCOCc1ccco1.I. The Bertz CT molecular complexity index is 630. The number of methoxy groups -OCH3 is 1. The average molecular weight is 487 g/mol. The van der Waals surface area contributed by atoms with Crippen molar-refractivity contribution >= 4 is 29.9 Å². The van der Waals surface area contributed by atoms with Gasteiger partial charge in [-0.25, -0.2) is 4.99 Å². The second-order valence-corrected chi connectivity index (χ2v) is 5.86. The van der Waals surface area contributed by atoms with Crippen molar-refractivity contribution in [2.75, 3.05) is 26.8 Å². The first-order valence-corrected chi connectivity index (χ1v) is 9.01. The first-order chi connectivity index (χ1) is 12.8. The molecule has 1 aromatic heterocycles. The van der Waals surface area contributed by atoms with Crippen molar-refractivity contribution in [3.63, 3.8) is 0 Å². The van der Waals surface area contributed by atoms with E-state index in [9.17, 15) is 0 Å². The number of ether oxygens (including phenoxy) is 2. The zero-order valence-corrected chi connectivity index (χ0v) is 18.4. The molecule has 7 heteroatoms. The number of aliphatic imine (C=N–C) groups is 1. The predicted molar refractivity (Wildman–Crippen MR) is 118 cm³/mol. The highest BCUT2D eigenvalue weighted by molar-refractivity contribution is 14.0. The molecule has 27 heavy (non-hydrogen) atoms. The number of guanidine groups is 1. The molecule has 1 heterocycles. The predicted octanol–water partition coefficient (Wildman–Crippen LogP) is 3.71. The first kappa shape index (κ1) is 23.5. The van der Waals surface area contributed by atoms with Crippen LogP contribution >= 0.6 is 24.0 Å². The topological polar surface area (TPSA) is 68.0 Å². The maximum absolute atomic E-state index is 5.58. The Morgan fingerprint density at radius 2 is 1.85 bits per heavy atom.